The Hall–Kier alpha value is -1.22. The van der Waals surface area contributed by atoms with Crippen LogP contribution in [0.15, 0.2) is 18.2 Å². The molecule has 1 aliphatic heterocycles. The van der Waals surface area contributed by atoms with Crippen molar-refractivity contribution >= 4 is 27.5 Å². The summed E-state index contributed by atoms with van der Waals surface area (Å²) < 4.78 is 39.6. The van der Waals surface area contributed by atoms with Crippen molar-refractivity contribution in [2.24, 2.45) is 11.7 Å². The minimum Gasteiger partial charge on any atom is -0.355 e. The molecule has 1 saturated heterocycles. The van der Waals surface area contributed by atoms with Gasteiger partial charge in [-0.15, -0.1) is 0 Å². The molecule has 24 heavy (non-hydrogen) atoms. The van der Waals surface area contributed by atoms with Crippen LogP contribution >= 0.6 is 11.6 Å². The molecule has 0 spiro atoms. The van der Waals surface area contributed by atoms with E-state index < -0.39 is 15.8 Å². The van der Waals surface area contributed by atoms with E-state index in [1.165, 1.54) is 16.4 Å². The monoisotopic (exact) mass is 377 g/mol. The van der Waals surface area contributed by atoms with E-state index >= 15 is 0 Å². The van der Waals surface area contributed by atoms with E-state index in [9.17, 15) is 17.6 Å². The summed E-state index contributed by atoms with van der Waals surface area (Å²) >= 11 is 5.70. The largest absolute Gasteiger partial charge is 0.355 e. The summed E-state index contributed by atoms with van der Waals surface area (Å²) in [5.74, 6) is -1.42. The predicted octanol–water partition coefficient (Wildman–Crippen LogP) is 1.10. The summed E-state index contributed by atoms with van der Waals surface area (Å²) in [5.41, 5.74) is 5.77. The number of nitrogens with zero attached hydrogens (tertiary/aromatic N) is 1. The maximum absolute atomic E-state index is 13.2. The highest BCUT2D eigenvalue weighted by atomic mass is 35.5. The van der Waals surface area contributed by atoms with Gasteiger partial charge in [-0.25, -0.2) is 17.1 Å². The first-order valence-electron chi connectivity index (χ1n) is 7.73. The number of hydrogen-bond donors (Lipinski definition) is 2. The zero-order valence-electron chi connectivity index (χ0n) is 13.2. The van der Waals surface area contributed by atoms with Crippen molar-refractivity contribution in [3.8, 4) is 0 Å². The highest BCUT2D eigenvalue weighted by Crippen LogP contribution is 2.23. The Labute approximate surface area is 146 Å². The van der Waals surface area contributed by atoms with E-state index in [1.807, 2.05) is 0 Å². The number of carbonyl (C=O) groups is 1. The number of rotatable bonds is 6. The SMILES string of the molecule is NCCNC(=O)C1CCCN(S(=O)(=O)Cc2ccc(F)c(Cl)c2)C1. The summed E-state index contributed by atoms with van der Waals surface area (Å²) in [6.45, 7) is 1.23. The Bertz CT molecular complexity index is 699. The van der Waals surface area contributed by atoms with Crippen LogP contribution in [0.25, 0.3) is 0 Å². The van der Waals surface area contributed by atoms with Crippen LogP contribution in [-0.2, 0) is 20.6 Å². The van der Waals surface area contributed by atoms with Crippen LogP contribution in [0, 0.1) is 11.7 Å². The van der Waals surface area contributed by atoms with Crippen molar-refractivity contribution in [1.29, 1.82) is 0 Å². The molecular weight excluding hydrogens is 357 g/mol. The van der Waals surface area contributed by atoms with E-state index in [-0.39, 0.29) is 29.1 Å². The van der Waals surface area contributed by atoms with Gasteiger partial charge < -0.3 is 11.1 Å². The molecule has 0 radical (unpaired) electrons. The predicted molar refractivity (Wildman–Crippen MR) is 90.4 cm³/mol. The molecule has 1 aliphatic rings. The van der Waals surface area contributed by atoms with Gasteiger partial charge in [0.25, 0.3) is 0 Å². The van der Waals surface area contributed by atoms with E-state index in [0.29, 0.717) is 38.0 Å². The first-order valence-corrected chi connectivity index (χ1v) is 9.71. The van der Waals surface area contributed by atoms with Gasteiger partial charge in [-0.3, -0.25) is 4.79 Å². The lowest BCUT2D eigenvalue weighted by Crippen LogP contribution is -2.46. The summed E-state index contributed by atoms with van der Waals surface area (Å²) in [5, 5.41) is 2.58. The van der Waals surface area contributed by atoms with Gasteiger partial charge in [0.15, 0.2) is 0 Å². The summed E-state index contributed by atoms with van der Waals surface area (Å²) in [6.07, 6.45) is 1.26. The molecule has 0 bridgehead atoms. The molecule has 9 heteroatoms. The Morgan fingerprint density at radius 3 is 2.88 bits per heavy atom. The lowest BCUT2D eigenvalue weighted by Gasteiger charge is -2.31. The quantitative estimate of drug-likeness (QED) is 0.776. The maximum Gasteiger partial charge on any atom is 0.224 e. The maximum atomic E-state index is 13.2. The normalized spacial score (nSPS) is 19.2. The second-order valence-electron chi connectivity index (χ2n) is 5.78. The van der Waals surface area contributed by atoms with Crippen molar-refractivity contribution in [1.82, 2.24) is 9.62 Å². The topological polar surface area (TPSA) is 92.5 Å². The molecule has 1 heterocycles. The van der Waals surface area contributed by atoms with E-state index in [2.05, 4.69) is 5.32 Å². The average molecular weight is 378 g/mol. The van der Waals surface area contributed by atoms with Gasteiger partial charge in [-0.05, 0) is 30.5 Å². The summed E-state index contributed by atoms with van der Waals surface area (Å²) in [6, 6.07) is 3.85. The summed E-state index contributed by atoms with van der Waals surface area (Å²) in [7, 11) is -3.61. The third kappa shape index (κ3) is 4.89. The minimum atomic E-state index is -3.61. The Kier molecular flexibility index (Phi) is 6.56. The number of sulfonamides is 1. The second kappa shape index (κ2) is 8.24. The van der Waals surface area contributed by atoms with Gasteiger partial charge in [0.1, 0.15) is 5.82 Å². The number of carbonyl (C=O) groups excluding carboxylic acids is 1. The average Bonchev–Trinajstić information content (AvgIpc) is 2.56. The highest BCUT2D eigenvalue weighted by Gasteiger charge is 2.32. The fourth-order valence-corrected chi connectivity index (χ4v) is 4.48. The zero-order valence-corrected chi connectivity index (χ0v) is 14.7. The molecule has 1 unspecified atom stereocenters. The van der Waals surface area contributed by atoms with E-state index in [0.717, 1.165) is 6.07 Å². The Balaban J connectivity index is 2.05. The van der Waals surface area contributed by atoms with E-state index in [4.69, 9.17) is 17.3 Å². The molecule has 1 atom stereocenters. The smallest absolute Gasteiger partial charge is 0.224 e. The molecule has 1 aromatic rings. The number of amides is 1. The van der Waals surface area contributed by atoms with Gasteiger partial charge in [0.05, 0.1) is 16.7 Å². The summed E-state index contributed by atoms with van der Waals surface area (Å²) in [4.78, 5) is 12.0. The molecule has 6 nitrogen and oxygen atoms in total. The third-order valence-electron chi connectivity index (χ3n) is 3.92. The van der Waals surface area contributed by atoms with Gasteiger partial charge in [-0.1, -0.05) is 17.7 Å². The molecule has 0 aromatic heterocycles. The molecule has 1 fully saturated rings. The standard InChI is InChI=1S/C15H21ClFN3O3S/c16-13-8-11(3-4-14(13)17)10-24(22,23)20-7-1-2-12(9-20)15(21)19-6-5-18/h3-4,8,12H,1-2,5-7,9-10,18H2,(H,19,21). The molecule has 2 rings (SSSR count). The third-order valence-corrected chi connectivity index (χ3v) is 6.03. The first-order chi connectivity index (χ1) is 11.3. The van der Waals surface area contributed by atoms with Crippen LogP contribution in [0.1, 0.15) is 18.4 Å². The number of hydrogen-bond acceptors (Lipinski definition) is 4. The van der Waals surface area contributed by atoms with Crippen molar-refractivity contribution in [2.75, 3.05) is 26.2 Å². The number of benzene rings is 1. The van der Waals surface area contributed by atoms with Crippen LogP contribution in [0.2, 0.25) is 5.02 Å². The number of nitrogens with two attached hydrogens (primary N) is 1. The molecule has 0 aliphatic carbocycles. The second-order valence-corrected chi connectivity index (χ2v) is 8.16. The molecule has 0 saturated carbocycles. The lowest BCUT2D eigenvalue weighted by atomic mass is 9.99. The van der Waals surface area contributed by atoms with Crippen LogP contribution in [0.4, 0.5) is 4.39 Å². The van der Waals surface area contributed by atoms with Crippen molar-refractivity contribution in [3.63, 3.8) is 0 Å². The van der Waals surface area contributed by atoms with Crippen LogP contribution in [0.5, 0.6) is 0 Å². The van der Waals surface area contributed by atoms with Crippen LogP contribution in [0.3, 0.4) is 0 Å². The fraction of sp³-hybridized carbons (Fsp3) is 0.533. The molecule has 1 aromatic carbocycles. The Morgan fingerprint density at radius 2 is 2.21 bits per heavy atom. The molecule has 1 amide bonds. The van der Waals surface area contributed by atoms with E-state index in [1.54, 1.807) is 0 Å². The van der Waals surface area contributed by atoms with Crippen molar-refractivity contribution in [2.45, 2.75) is 18.6 Å². The van der Waals surface area contributed by atoms with Gasteiger partial charge in [0, 0.05) is 26.2 Å². The van der Waals surface area contributed by atoms with Gasteiger partial charge in [-0.2, -0.15) is 0 Å². The van der Waals surface area contributed by atoms with Crippen LogP contribution in [-0.4, -0.2) is 44.8 Å². The fourth-order valence-electron chi connectivity index (χ4n) is 2.68. The molecule has 134 valence electrons. The highest BCUT2D eigenvalue weighted by molar-refractivity contribution is 7.88. The van der Waals surface area contributed by atoms with Gasteiger partial charge >= 0.3 is 0 Å². The zero-order chi connectivity index (χ0) is 17.7. The van der Waals surface area contributed by atoms with Crippen molar-refractivity contribution < 1.29 is 17.6 Å². The molecule has 3 N–H and O–H groups in total. The number of piperidine rings is 1. The number of nitrogens with one attached hydrogen (secondary N) is 1. The van der Waals surface area contributed by atoms with Crippen molar-refractivity contribution in [3.05, 3.63) is 34.6 Å². The Morgan fingerprint density at radius 1 is 1.46 bits per heavy atom. The lowest BCUT2D eigenvalue weighted by molar-refractivity contribution is -0.126. The van der Waals surface area contributed by atoms with Crippen LogP contribution < -0.4 is 11.1 Å². The first kappa shape index (κ1) is 19.1. The van der Waals surface area contributed by atoms with Gasteiger partial charge in [0.2, 0.25) is 15.9 Å². The number of halogens is 2. The minimum absolute atomic E-state index is 0.111. The molecular formula is C15H21ClFN3O3S.